The highest BCUT2D eigenvalue weighted by Crippen LogP contribution is 2.44. The van der Waals surface area contributed by atoms with E-state index in [0.717, 1.165) is 36.8 Å². The Morgan fingerprint density at radius 3 is 2.40 bits per heavy atom. The summed E-state index contributed by atoms with van der Waals surface area (Å²) in [4.78, 5) is 33.9. The second-order valence-corrected chi connectivity index (χ2v) is 14.7. The number of fused-ring (bicyclic) bond motifs is 4. The largest absolute Gasteiger partial charge is 0.465 e. The smallest absolute Gasteiger partial charge is 0.422 e. The minimum atomic E-state index is -4.89. The van der Waals surface area contributed by atoms with Gasteiger partial charge in [-0.3, -0.25) is 9.69 Å². The topological polar surface area (TPSA) is 116 Å². The third-order valence-electron chi connectivity index (χ3n) is 10.3. The van der Waals surface area contributed by atoms with Crippen LogP contribution in [-0.4, -0.2) is 81.5 Å². The Bertz CT molecular complexity index is 1920. The van der Waals surface area contributed by atoms with Crippen molar-refractivity contribution in [2.45, 2.75) is 96.2 Å². The van der Waals surface area contributed by atoms with Crippen LogP contribution in [0.2, 0.25) is 0 Å². The third kappa shape index (κ3) is 5.04. The number of carboxylic acid groups (broad SMARTS) is 1. The molecule has 4 aromatic rings. The predicted molar refractivity (Wildman–Crippen MR) is 168 cm³/mol. The van der Waals surface area contributed by atoms with Gasteiger partial charge in [0.05, 0.1) is 34.6 Å². The van der Waals surface area contributed by atoms with Crippen LogP contribution < -0.4 is 0 Å². The quantitative estimate of drug-likeness (QED) is 0.256. The van der Waals surface area contributed by atoms with Crippen LogP contribution in [0.25, 0.3) is 27.9 Å². The van der Waals surface area contributed by atoms with E-state index in [4.69, 9.17) is 5.10 Å². The summed E-state index contributed by atoms with van der Waals surface area (Å²) in [5.41, 5.74) is -0.444. The number of pyridine rings is 2. The number of nitrogens with zero attached hydrogens (tertiary/aromatic N) is 6. The van der Waals surface area contributed by atoms with Gasteiger partial charge in [0.2, 0.25) is 0 Å². The molecule has 2 aliphatic carbocycles. The van der Waals surface area contributed by atoms with Gasteiger partial charge in [-0.2, -0.15) is 18.3 Å². The highest BCUT2D eigenvalue weighted by Gasteiger charge is 2.55. The number of hydrogen-bond acceptors (Lipinski definition) is 5. The molecule has 2 saturated carbocycles. The second kappa shape index (κ2) is 10.4. The Kier molecular flexibility index (Phi) is 6.99. The number of aliphatic hydroxyl groups is 1. The van der Waals surface area contributed by atoms with Gasteiger partial charge in [-0.05, 0) is 102 Å². The monoisotopic (exact) mass is 652 g/mol. The first-order chi connectivity index (χ1) is 22.0. The first-order valence-electron chi connectivity index (χ1n) is 16.1. The summed E-state index contributed by atoms with van der Waals surface area (Å²) in [5, 5.41) is 25.9. The van der Waals surface area contributed by atoms with E-state index in [1.165, 1.54) is 11.0 Å². The van der Waals surface area contributed by atoms with E-state index in [9.17, 15) is 33.0 Å². The van der Waals surface area contributed by atoms with Crippen LogP contribution in [0.3, 0.4) is 0 Å². The maximum atomic E-state index is 13.9. The number of hydrogen-bond donors (Lipinski definition) is 2. The van der Waals surface area contributed by atoms with Gasteiger partial charge in [-0.1, -0.05) is 0 Å². The van der Waals surface area contributed by atoms with E-state index in [-0.39, 0.29) is 23.9 Å². The van der Waals surface area contributed by atoms with E-state index in [0.29, 0.717) is 53.9 Å². The number of rotatable bonds is 6. The molecule has 1 saturated heterocycles. The lowest BCUT2D eigenvalue weighted by Gasteiger charge is -2.40. The Balaban J connectivity index is 1.24. The number of carbonyl (C=O) groups excluding carboxylic acids is 1. The molecule has 2 amide bonds. The van der Waals surface area contributed by atoms with Crippen molar-refractivity contribution < 1.29 is 33.0 Å². The van der Waals surface area contributed by atoms with Crippen molar-refractivity contribution in [1.82, 2.24) is 29.0 Å². The Labute approximate surface area is 269 Å². The Morgan fingerprint density at radius 2 is 1.77 bits per heavy atom. The fourth-order valence-electron chi connectivity index (χ4n) is 7.64. The predicted octanol–water partition coefficient (Wildman–Crippen LogP) is 6.22. The average Bonchev–Trinajstić information content (AvgIpc) is 3.32. The van der Waals surface area contributed by atoms with Gasteiger partial charge in [0.15, 0.2) is 5.60 Å². The van der Waals surface area contributed by atoms with Crippen molar-refractivity contribution in [1.29, 1.82) is 0 Å². The maximum Gasteiger partial charge on any atom is 0.422 e. The van der Waals surface area contributed by atoms with Gasteiger partial charge in [-0.25, -0.2) is 14.3 Å². The molecule has 4 aromatic heterocycles. The van der Waals surface area contributed by atoms with Gasteiger partial charge in [0, 0.05) is 35.8 Å². The zero-order valence-electron chi connectivity index (χ0n) is 27.0. The van der Waals surface area contributed by atoms with E-state index in [2.05, 4.69) is 4.98 Å². The molecule has 47 heavy (non-hydrogen) atoms. The van der Waals surface area contributed by atoms with Crippen molar-refractivity contribution in [3.8, 4) is 11.4 Å². The van der Waals surface area contributed by atoms with Crippen LogP contribution in [0.5, 0.6) is 0 Å². The van der Waals surface area contributed by atoms with Crippen LogP contribution in [-0.2, 0) is 12.1 Å². The summed E-state index contributed by atoms with van der Waals surface area (Å²) >= 11 is 0. The molecule has 1 aliphatic heterocycles. The lowest BCUT2D eigenvalue weighted by atomic mass is 9.98. The van der Waals surface area contributed by atoms with E-state index in [1.54, 1.807) is 22.8 Å². The minimum Gasteiger partial charge on any atom is -0.465 e. The molecule has 3 fully saturated rings. The normalized spacial score (nSPS) is 22.7. The van der Waals surface area contributed by atoms with Crippen molar-refractivity contribution in [3.05, 3.63) is 53.3 Å². The van der Waals surface area contributed by atoms with Gasteiger partial charge in [-0.15, -0.1) is 0 Å². The van der Waals surface area contributed by atoms with Gasteiger partial charge in [0.1, 0.15) is 11.3 Å². The van der Waals surface area contributed by atoms with E-state index < -0.39 is 29.1 Å². The Morgan fingerprint density at radius 1 is 1.04 bits per heavy atom. The van der Waals surface area contributed by atoms with Gasteiger partial charge >= 0.3 is 12.3 Å². The zero-order valence-corrected chi connectivity index (χ0v) is 27.0. The molecule has 0 radical (unpaired) electrons. The number of likely N-dealkylation sites (tertiary alicyclic amines) is 1. The average molecular weight is 653 g/mol. The van der Waals surface area contributed by atoms with Crippen LogP contribution in [0.4, 0.5) is 18.0 Å². The zero-order chi connectivity index (χ0) is 33.8. The van der Waals surface area contributed by atoms with Gasteiger partial charge in [0.25, 0.3) is 5.91 Å². The number of aryl methyl sites for hydroxylation is 1. The highest BCUT2D eigenvalue weighted by atomic mass is 19.4. The molecule has 2 bridgehead atoms. The number of aromatic nitrogens is 4. The molecule has 13 heteroatoms. The number of carbonyl (C=O) groups is 2. The molecule has 0 aromatic carbocycles. The molecular weight excluding hydrogens is 613 g/mol. The van der Waals surface area contributed by atoms with Crippen LogP contribution >= 0.6 is 0 Å². The van der Waals surface area contributed by atoms with Crippen molar-refractivity contribution in [2.24, 2.45) is 11.8 Å². The van der Waals surface area contributed by atoms with Crippen LogP contribution in [0.1, 0.15) is 75.0 Å². The first-order valence-corrected chi connectivity index (χ1v) is 16.1. The lowest BCUT2D eigenvalue weighted by Crippen LogP contribution is -2.55. The molecule has 7 rings (SSSR count). The third-order valence-corrected chi connectivity index (χ3v) is 10.3. The molecule has 4 atom stereocenters. The fourth-order valence-corrected chi connectivity index (χ4v) is 7.64. The number of halogens is 3. The molecule has 3 unspecified atom stereocenters. The van der Waals surface area contributed by atoms with Crippen molar-refractivity contribution in [3.63, 3.8) is 0 Å². The van der Waals surface area contributed by atoms with E-state index in [1.807, 2.05) is 49.3 Å². The minimum absolute atomic E-state index is 0.0731. The second-order valence-electron chi connectivity index (χ2n) is 14.7. The lowest BCUT2D eigenvalue weighted by molar-refractivity contribution is -0.260. The molecular formula is C34H39F3N6O4. The van der Waals surface area contributed by atoms with Crippen LogP contribution in [0, 0.1) is 18.8 Å². The summed E-state index contributed by atoms with van der Waals surface area (Å²) in [6, 6.07) is 7.76. The van der Waals surface area contributed by atoms with Crippen molar-refractivity contribution in [2.75, 3.05) is 6.54 Å². The summed E-state index contributed by atoms with van der Waals surface area (Å²) in [7, 11) is 0. The number of piperidine rings is 1. The molecule has 2 N–H and O–H groups in total. The first kappa shape index (κ1) is 31.5. The summed E-state index contributed by atoms with van der Waals surface area (Å²) < 4.78 is 44.6. The number of alkyl halides is 3. The maximum absolute atomic E-state index is 13.9. The summed E-state index contributed by atoms with van der Waals surface area (Å²) in [6.07, 6.45) is -0.548. The standard InChI is InChI=1S/C34H39F3N6O4/c1-18-23-11-9-22(30(44)41-16-21-8-12-24(41)28(21)43(31(45)46)32(2,3)4)17-42(23)39-27(18)25-14-20-10-13-26(33(5,47)34(35,36)37)38-29(20)40(25)15-19-6-7-19/h9-11,13-14,17,19,21,24,28,47H,6-8,12,15-16H2,1-5H3,(H,45,46)/t21?,24?,28-,33?/m1/s1. The fraction of sp³-hybridized carbons (Fsp3) is 0.529. The SMILES string of the molecule is Cc1c(-c2cc3ccc(C(C)(O)C(F)(F)F)nc3n2CC2CC2)nn2cc(C(=O)N3CC4CCC3[C@@H]4N(C(=O)O)C(C)(C)C)ccc12. The molecule has 0 spiro atoms. The van der Waals surface area contributed by atoms with Crippen LogP contribution in [0.15, 0.2) is 36.5 Å². The summed E-state index contributed by atoms with van der Waals surface area (Å²) in [6.45, 7) is 9.31. The molecule has 10 nitrogen and oxygen atoms in total. The number of amides is 2. The van der Waals surface area contributed by atoms with Gasteiger partial charge < -0.3 is 19.7 Å². The molecule has 5 heterocycles. The Hall–Kier alpha value is -4.13. The highest BCUT2D eigenvalue weighted by molar-refractivity contribution is 5.95. The summed E-state index contributed by atoms with van der Waals surface area (Å²) in [5.74, 6) is 0.271. The van der Waals surface area contributed by atoms with E-state index >= 15 is 0 Å². The molecule has 3 aliphatic rings. The van der Waals surface area contributed by atoms with Crippen molar-refractivity contribution >= 4 is 28.6 Å². The molecule has 250 valence electrons.